The lowest BCUT2D eigenvalue weighted by molar-refractivity contribution is 0.101. The molecule has 2 aromatic rings. The number of benzene rings is 2. The average Bonchev–Trinajstić information content (AvgIpc) is 2.41. The zero-order valence-electron chi connectivity index (χ0n) is 11.2. The Bertz CT molecular complexity index is 602. The second kappa shape index (κ2) is 6.16. The molecule has 0 atom stereocenters. The molecule has 0 heterocycles. The van der Waals surface area contributed by atoms with Gasteiger partial charge in [0.1, 0.15) is 0 Å². The summed E-state index contributed by atoms with van der Waals surface area (Å²) < 4.78 is 1.14. The third-order valence-electron chi connectivity index (χ3n) is 3.18. The van der Waals surface area contributed by atoms with Crippen molar-refractivity contribution < 1.29 is 4.79 Å². The summed E-state index contributed by atoms with van der Waals surface area (Å²) in [5.41, 5.74) is 4.20. The summed E-state index contributed by atoms with van der Waals surface area (Å²) in [6.45, 7) is 3.78. The fraction of sp³-hybridized carbons (Fsp3) is 0.235. The van der Waals surface area contributed by atoms with E-state index in [0.717, 1.165) is 34.0 Å². The third-order valence-corrected chi connectivity index (χ3v) is 3.96. The maximum atomic E-state index is 11.7. The van der Waals surface area contributed by atoms with Crippen LogP contribution in [0.3, 0.4) is 0 Å². The zero-order valence-corrected chi connectivity index (χ0v) is 12.8. The van der Waals surface area contributed by atoms with Crippen molar-refractivity contribution in [3.05, 3.63) is 58.1 Å². The first-order valence-electron chi connectivity index (χ1n) is 6.52. The Morgan fingerprint density at radius 1 is 1.16 bits per heavy atom. The van der Waals surface area contributed by atoms with E-state index >= 15 is 0 Å². The summed E-state index contributed by atoms with van der Waals surface area (Å²) in [6.07, 6.45) is 2.15. The van der Waals surface area contributed by atoms with Crippen molar-refractivity contribution in [2.75, 3.05) is 0 Å². The van der Waals surface area contributed by atoms with Crippen molar-refractivity contribution >= 4 is 21.7 Å². The normalized spacial score (nSPS) is 10.5. The van der Waals surface area contributed by atoms with Crippen LogP contribution < -0.4 is 0 Å². The molecule has 0 aliphatic rings. The Kier molecular flexibility index (Phi) is 4.54. The number of halogens is 1. The number of hydrogen-bond acceptors (Lipinski definition) is 1. The van der Waals surface area contributed by atoms with Crippen LogP contribution in [-0.2, 0) is 6.42 Å². The monoisotopic (exact) mass is 316 g/mol. The van der Waals surface area contributed by atoms with E-state index in [1.54, 1.807) is 6.92 Å². The summed E-state index contributed by atoms with van der Waals surface area (Å²) in [6, 6.07) is 14.1. The Morgan fingerprint density at radius 3 is 2.58 bits per heavy atom. The predicted octanol–water partition coefficient (Wildman–Crippen LogP) is 5.27. The summed E-state index contributed by atoms with van der Waals surface area (Å²) in [7, 11) is 0. The molecule has 1 nitrogen and oxygen atoms in total. The molecule has 98 valence electrons. The highest BCUT2D eigenvalue weighted by Crippen LogP contribution is 2.29. The molecule has 0 N–H and O–H groups in total. The number of Topliss-reactive ketones (excluding diaryl/α,β-unsaturated/α-hetero) is 1. The van der Waals surface area contributed by atoms with Gasteiger partial charge in [-0.25, -0.2) is 0 Å². The minimum absolute atomic E-state index is 0.107. The van der Waals surface area contributed by atoms with E-state index < -0.39 is 0 Å². The lowest BCUT2D eigenvalue weighted by atomic mass is 9.95. The number of carbonyl (C=O) groups excluding carboxylic acids is 1. The largest absolute Gasteiger partial charge is 0.294 e. The number of rotatable bonds is 4. The molecule has 0 bridgehead atoms. The van der Waals surface area contributed by atoms with E-state index in [9.17, 15) is 4.79 Å². The quantitative estimate of drug-likeness (QED) is 0.702. The molecule has 0 saturated carbocycles. The Hall–Kier alpha value is -1.41. The molecule has 0 spiro atoms. The first-order valence-corrected chi connectivity index (χ1v) is 7.31. The van der Waals surface area contributed by atoms with E-state index in [2.05, 4.69) is 41.1 Å². The van der Waals surface area contributed by atoms with Crippen molar-refractivity contribution in [3.63, 3.8) is 0 Å². The van der Waals surface area contributed by atoms with Gasteiger partial charge < -0.3 is 0 Å². The molecule has 19 heavy (non-hydrogen) atoms. The standard InChI is InChI=1S/C17H17BrO/c1-3-6-14-11-13(9-10-17(14)18)16-8-5-4-7-15(16)12(2)19/h4-5,7-11H,3,6H2,1-2H3. The van der Waals surface area contributed by atoms with Gasteiger partial charge in [-0.2, -0.15) is 0 Å². The summed E-state index contributed by atoms with van der Waals surface area (Å²) in [5, 5.41) is 0. The van der Waals surface area contributed by atoms with Gasteiger partial charge in [0.15, 0.2) is 5.78 Å². The topological polar surface area (TPSA) is 17.1 Å². The van der Waals surface area contributed by atoms with Crippen LogP contribution in [0.2, 0.25) is 0 Å². The van der Waals surface area contributed by atoms with Crippen molar-refractivity contribution in [2.45, 2.75) is 26.7 Å². The fourth-order valence-electron chi connectivity index (χ4n) is 2.25. The lowest BCUT2D eigenvalue weighted by Crippen LogP contribution is -1.96. The van der Waals surface area contributed by atoms with Gasteiger partial charge in [-0.15, -0.1) is 0 Å². The van der Waals surface area contributed by atoms with Crippen LogP contribution in [-0.4, -0.2) is 5.78 Å². The highest BCUT2D eigenvalue weighted by molar-refractivity contribution is 9.10. The lowest BCUT2D eigenvalue weighted by Gasteiger charge is -2.10. The molecule has 0 unspecified atom stereocenters. The highest BCUT2D eigenvalue weighted by Gasteiger charge is 2.09. The van der Waals surface area contributed by atoms with Gasteiger partial charge in [0, 0.05) is 10.0 Å². The molecular formula is C17H17BrO. The molecular weight excluding hydrogens is 300 g/mol. The maximum Gasteiger partial charge on any atom is 0.160 e. The van der Waals surface area contributed by atoms with Gasteiger partial charge in [0.25, 0.3) is 0 Å². The van der Waals surface area contributed by atoms with Gasteiger partial charge in [-0.3, -0.25) is 4.79 Å². The third kappa shape index (κ3) is 3.13. The molecule has 0 aliphatic carbocycles. The van der Waals surface area contributed by atoms with Gasteiger partial charge >= 0.3 is 0 Å². The van der Waals surface area contributed by atoms with E-state index in [1.165, 1.54) is 5.56 Å². The second-order valence-electron chi connectivity index (χ2n) is 4.66. The highest BCUT2D eigenvalue weighted by atomic mass is 79.9. The summed E-state index contributed by atoms with van der Waals surface area (Å²) in [5.74, 6) is 0.107. The Balaban J connectivity index is 2.53. The molecule has 0 fully saturated rings. The molecule has 0 aliphatic heterocycles. The minimum atomic E-state index is 0.107. The maximum absolute atomic E-state index is 11.7. The van der Waals surface area contributed by atoms with Crippen molar-refractivity contribution in [2.24, 2.45) is 0 Å². The van der Waals surface area contributed by atoms with Crippen LogP contribution in [0.5, 0.6) is 0 Å². The van der Waals surface area contributed by atoms with Gasteiger partial charge in [0.2, 0.25) is 0 Å². The molecule has 0 saturated heterocycles. The predicted molar refractivity (Wildman–Crippen MR) is 83.6 cm³/mol. The Morgan fingerprint density at radius 2 is 1.89 bits per heavy atom. The Labute approximate surface area is 122 Å². The van der Waals surface area contributed by atoms with Gasteiger partial charge in [0.05, 0.1) is 0 Å². The van der Waals surface area contributed by atoms with Crippen LogP contribution in [0.15, 0.2) is 46.9 Å². The molecule has 2 aromatic carbocycles. The number of carbonyl (C=O) groups is 1. The van der Waals surface area contributed by atoms with Crippen LogP contribution in [0.25, 0.3) is 11.1 Å². The molecule has 2 heteroatoms. The van der Waals surface area contributed by atoms with E-state index in [-0.39, 0.29) is 5.78 Å². The zero-order chi connectivity index (χ0) is 13.8. The van der Waals surface area contributed by atoms with Crippen LogP contribution in [0.1, 0.15) is 36.2 Å². The second-order valence-corrected chi connectivity index (χ2v) is 5.51. The first kappa shape index (κ1) is 14.0. The molecule has 0 amide bonds. The summed E-state index contributed by atoms with van der Waals surface area (Å²) in [4.78, 5) is 11.7. The van der Waals surface area contributed by atoms with Crippen LogP contribution in [0.4, 0.5) is 0 Å². The van der Waals surface area contributed by atoms with Crippen molar-refractivity contribution in [3.8, 4) is 11.1 Å². The van der Waals surface area contributed by atoms with Crippen LogP contribution >= 0.6 is 15.9 Å². The first-order chi connectivity index (χ1) is 9.13. The van der Waals surface area contributed by atoms with Crippen molar-refractivity contribution in [1.82, 2.24) is 0 Å². The van der Waals surface area contributed by atoms with E-state index in [1.807, 2.05) is 24.3 Å². The van der Waals surface area contributed by atoms with Gasteiger partial charge in [-0.05, 0) is 36.1 Å². The molecule has 0 radical (unpaired) electrons. The number of aryl methyl sites for hydroxylation is 1. The summed E-state index contributed by atoms with van der Waals surface area (Å²) >= 11 is 3.58. The van der Waals surface area contributed by atoms with Crippen molar-refractivity contribution in [1.29, 1.82) is 0 Å². The van der Waals surface area contributed by atoms with Crippen LogP contribution in [0, 0.1) is 0 Å². The SMILES string of the molecule is CCCc1cc(-c2ccccc2C(C)=O)ccc1Br. The fourth-order valence-corrected chi connectivity index (χ4v) is 2.69. The number of hydrogen-bond donors (Lipinski definition) is 0. The van der Waals surface area contributed by atoms with E-state index in [0.29, 0.717) is 0 Å². The average molecular weight is 317 g/mol. The van der Waals surface area contributed by atoms with E-state index in [4.69, 9.17) is 0 Å². The smallest absolute Gasteiger partial charge is 0.160 e. The molecule has 2 rings (SSSR count). The van der Waals surface area contributed by atoms with Gasteiger partial charge in [-0.1, -0.05) is 65.7 Å². The molecule has 0 aromatic heterocycles. The minimum Gasteiger partial charge on any atom is -0.294 e. The number of ketones is 1.